The molecule has 2 heterocycles. The van der Waals surface area contributed by atoms with Crippen molar-refractivity contribution in [1.82, 2.24) is 15.6 Å². The number of fused-ring (bicyclic) bond motifs is 1. The van der Waals surface area contributed by atoms with Crippen LogP contribution in [-0.2, 0) is 17.6 Å². The second-order valence-corrected chi connectivity index (χ2v) is 10.4. The van der Waals surface area contributed by atoms with E-state index >= 15 is 0 Å². The van der Waals surface area contributed by atoms with Crippen LogP contribution in [0.3, 0.4) is 0 Å². The van der Waals surface area contributed by atoms with Crippen molar-refractivity contribution in [3.8, 4) is 5.88 Å². The number of carbonyl (C=O) groups is 1. The van der Waals surface area contributed by atoms with E-state index in [-0.39, 0.29) is 36.9 Å². The zero-order chi connectivity index (χ0) is 26.8. The minimum atomic E-state index is -4.30. The number of aromatic nitrogens is 1. The summed E-state index contributed by atoms with van der Waals surface area (Å²) in [5.41, 5.74) is 1.39. The highest BCUT2D eigenvalue weighted by Crippen LogP contribution is 2.48. The molecule has 3 N–H and O–H groups in total. The number of ether oxygens (including phenoxy) is 1. The number of carbonyl (C=O) groups excluding carboxylic acids is 1. The highest BCUT2D eigenvalue weighted by atomic mass is 19.4. The van der Waals surface area contributed by atoms with Gasteiger partial charge in [0.1, 0.15) is 11.4 Å². The van der Waals surface area contributed by atoms with Gasteiger partial charge < -0.3 is 20.5 Å². The fourth-order valence-corrected chi connectivity index (χ4v) is 5.09. The third-order valence-electron chi connectivity index (χ3n) is 7.34. The van der Waals surface area contributed by atoms with Crippen LogP contribution in [0.15, 0.2) is 36.5 Å². The first-order valence-corrected chi connectivity index (χ1v) is 12.6. The molecule has 0 unspecified atom stereocenters. The number of benzene rings is 1. The lowest BCUT2D eigenvalue weighted by Crippen LogP contribution is -2.52. The molecule has 2 aliphatic rings. The minimum absolute atomic E-state index is 0.101. The monoisotopic (exact) mass is 523 g/mol. The Morgan fingerprint density at radius 1 is 1.24 bits per heavy atom. The zero-order valence-corrected chi connectivity index (χ0v) is 20.9. The summed E-state index contributed by atoms with van der Waals surface area (Å²) in [6.45, 7) is 2.60. The number of hydrogen-bond donors (Lipinski definition) is 3. The molecule has 202 valence electrons. The average molecular weight is 524 g/mol. The predicted molar refractivity (Wildman–Crippen MR) is 129 cm³/mol. The number of rotatable bonds is 9. The molecule has 1 saturated carbocycles. The molecule has 6 nitrogen and oxygen atoms in total. The van der Waals surface area contributed by atoms with Crippen LogP contribution in [0.25, 0.3) is 0 Å². The molecular weight excluding hydrogens is 490 g/mol. The quantitative estimate of drug-likeness (QED) is 0.425. The van der Waals surface area contributed by atoms with Crippen molar-refractivity contribution >= 4 is 5.91 Å². The van der Waals surface area contributed by atoms with E-state index in [1.165, 1.54) is 25.3 Å². The number of nitrogens with zero attached hydrogens (tertiary/aromatic N) is 1. The molecule has 1 aromatic heterocycles. The van der Waals surface area contributed by atoms with Crippen molar-refractivity contribution in [2.45, 2.75) is 82.3 Å². The first kappa shape index (κ1) is 27.3. The first-order chi connectivity index (χ1) is 17.4. The van der Waals surface area contributed by atoms with Gasteiger partial charge in [-0.05, 0) is 61.4 Å². The molecule has 0 radical (unpaired) electrons. The van der Waals surface area contributed by atoms with Crippen LogP contribution >= 0.6 is 0 Å². The Kier molecular flexibility index (Phi) is 8.08. The summed E-state index contributed by atoms with van der Waals surface area (Å²) in [4.78, 5) is 16.2. The lowest BCUT2D eigenvalue weighted by Gasteiger charge is -2.47. The molecule has 0 bridgehead atoms. The molecule has 1 fully saturated rings. The highest BCUT2D eigenvalue weighted by Gasteiger charge is 2.46. The van der Waals surface area contributed by atoms with Gasteiger partial charge in [0.05, 0.1) is 18.1 Å². The smallest absolute Gasteiger partial charge is 0.391 e. The van der Waals surface area contributed by atoms with Crippen LogP contribution in [0.5, 0.6) is 5.88 Å². The molecule has 0 saturated heterocycles. The van der Waals surface area contributed by atoms with Crippen molar-refractivity contribution in [2.75, 3.05) is 6.54 Å². The number of halogens is 4. The zero-order valence-electron chi connectivity index (χ0n) is 20.9. The van der Waals surface area contributed by atoms with Crippen LogP contribution in [0.2, 0.25) is 0 Å². The summed E-state index contributed by atoms with van der Waals surface area (Å²) in [6, 6.07) is 6.73. The van der Waals surface area contributed by atoms with E-state index in [0.29, 0.717) is 29.0 Å². The summed E-state index contributed by atoms with van der Waals surface area (Å²) in [5.74, 6) is -1.83. The highest BCUT2D eigenvalue weighted by molar-refractivity contribution is 5.73. The lowest BCUT2D eigenvalue weighted by atomic mass is 9.73. The van der Waals surface area contributed by atoms with Gasteiger partial charge in [-0.1, -0.05) is 19.1 Å². The maximum atomic E-state index is 13.7. The molecular formula is C27H33F4N3O3. The van der Waals surface area contributed by atoms with Crippen molar-refractivity contribution in [2.24, 2.45) is 5.92 Å². The van der Waals surface area contributed by atoms with Crippen molar-refractivity contribution < 1.29 is 32.2 Å². The Hall–Kier alpha value is -2.72. The average Bonchev–Trinajstić information content (AvgIpc) is 2.80. The predicted octanol–water partition coefficient (Wildman–Crippen LogP) is 4.41. The Morgan fingerprint density at radius 3 is 2.62 bits per heavy atom. The third-order valence-corrected chi connectivity index (χ3v) is 7.34. The van der Waals surface area contributed by atoms with E-state index in [1.54, 1.807) is 18.2 Å². The Morgan fingerprint density at radius 2 is 2.00 bits per heavy atom. The van der Waals surface area contributed by atoms with Gasteiger partial charge in [0.2, 0.25) is 11.8 Å². The number of alkyl halides is 3. The summed E-state index contributed by atoms with van der Waals surface area (Å²) < 4.78 is 59.2. The summed E-state index contributed by atoms with van der Waals surface area (Å²) in [7, 11) is 0. The standard InChI is InChI=1S/C27H33F4N3O3/c1-16(27(29,30)31)9-19-11-21-23(13-26(7-4-8-26)37-25(21)33-14-19)32-15-24(36)22(34-17(2)35)12-18-5-3-6-20(28)10-18/h3,5-6,10-11,14,16,22-24,32,36H,4,7-9,12-13,15H2,1-2H3,(H,34,35)/t16-,22-,23-,24+/m0/s1. The molecule has 1 aliphatic carbocycles. The van der Waals surface area contributed by atoms with Gasteiger partial charge in [0, 0.05) is 37.7 Å². The largest absolute Gasteiger partial charge is 0.471 e. The topological polar surface area (TPSA) is 83.5 Å². The Bertz CT molecular complexity index is 1110. The minimum Gasteiger partial charge on any atom is -0.471 e. The summed E-state index contributed by atoms with van der Waals surface area (Å²) in [6.07, 6.45) is -0.493. The molecule has 2 aromatic rings. The van der Waals surface area contributed by atoms with E-state index in [0.717, 1.165) is 26.2 Å². The van der Waals surface area contributed by atoms with E-state index in [2.05, 4.69) is 15.6 Å². The summed E-state index contributed by atoms with van der Waals surface area (Å²) in [5, 5.41) is 17.1. The third kappa shape index (κ3) is 6.78. The molecule has 4 rings (SSSR count). The van der Waals surface area contributed by atoms with Crippen LogP contribution in [0, 0.1) is 11.7 Å². The van der Waals surface area contributed by atoms with Crippen molar-refractivity contribution in [1.29, 1.82) is 0 Å². The van der Waals surface area contributed by atoms with Crippen LogP contribution in [0.4, 0.5) is 17.6 Å². The molecule has 10 heteroatoms. The van der Waals surface area contributed by atoms with Crippen molar-refractivity contribution in [3.05, 3.63) is 59.0 Å². The molecule has 4 atom stereocenters. The van der Waals surface area contributed by atoms with Gasteiger partial charge in [-0.25, -0.2) is 9.37 Å². The van der Waals surface area contributed by atoms with Crippen LogP contribution in [-0.4, -0.2) is 46.5 Å². The molecule has 1 spiro atoms. The summed E-state index contributed by atoms with van der Waals surface area (Å²) >= 11 is 0. The second-order valence-electron chi connectivity index (χ2n) is 10.4. The molecule has 37 heavy (non-hydrogen) atoms. The molecule has 1 aromatic carbocycles. The van der Waals surface area contributed by atoms with Gasteiger partial charge in [-0.3, -0.25) is 4.79 Å². The fourth-order valence-electron chi connectivity index (χ4n) is 5.09. The SMILES string of the molecule is CC(=O)N[C@@H](Cc1cccc(F)c1)[C@H](O)CN[C@H]1CC2(CCC2)Oc2ncc(C[C@H](C)C(F)(F)F)cc21. The number of pyridine rings is 1. The Labute approximate surface area is 213 Å². The van der Waals surface area contributed by atoms with Gasteiger partial charge >= 0.3 is 6.18 Å². The maximum Gasteiger partial charge on any atom is 0.391 e. The van der Waals surface area contributed by atoms with Gasteiger partial charge in [-0.2, -0.15) is 13.2 Å². The van der Waals surface area contributed by atoms with E-state index in [9.17, 15) is 27.5 Å². The number of aliphatic hydroxyl groups excluding tert-OH is 1. The number of aliphatic hydroxyl groups is 1. The van der Waals surface area contributed by atoms with Gasteiger partial charge in [0.15, 0.2) is 0 Å². The normalized spacial score (nSPS) is 20.8. The fraction of sp³-hybridized carbons (Fsp3) is 0.556. The molecule has 1 aliphatic heterocycles. The molecule has 1 amide bonds. The van der Waals surface area contributed by atoms with Gasteiger partial charge in [-0.15, -0.1) is 0 Å². The second kappa shape index (κ2) is 10.9. The maximum absolute atomic E-state index is 13.7. The van der Waals surface area contributed by atoms with E-state index in [4.69, 9.17) is 4.74 Å². The lowest BCUT2D eigenvalue weighted by molar-refractivity contribution is -0.169. The van der Waals surface area contributed by atoms with E-state index < -0.39 is 30.1 Å². The van der Waals surface area contributed by atoms with Crippen molar-refractivity contribution in [3.63, 3.8) is 0 Å². The number of amides is 1. The van der Waals surface area contributed by atoms with Crippen LogP contribution in [0.1, 0.15) is 62.3 Å². The van der Waals surface area contributed by atoms with Crippen LogP contribution < -0.4 is 15.4 Å². The Balaban J connectivity index is 1.50. The number of nitrogens with one attached hydrogen (secondary N) is 2. The number of hydrogen-bond acceptors (Lipinski definition) is 5. The van der Waals surface area contributed by atoms with Gasteiger partial charge in [0.25, 0.3) is 0 Å². The van der Waals surface area contributed by atoms with E-state index in [1.807, 2.05) is 0 Å². The first-order valence-electron chi connectivity index (χ1n) is 12.6.